The van der Waals surface area contributed by atoms with Crippen LogP contribution < -0.4 is 5.73 Å². The van der Waals surface area contributed by atoms with Gasteiger partial charge >= 0.3 is 0 Å². The summed E-state index contributed by atoms with van der Waals surface area (Å²) in [5, 5.41) is 12.1. The lowest BCUT2D eigenvalue weighted by atomic mass is 10.1. The lowest BCUT2D eigenvalue weighted by Gasteiger charge is -2.14. The molecule has 108 valence electrons. The Balaban J connectivity index is 2.26. The van der Waals surface area contributed by atoms with Crippen molar-refractivity contribution in [1.82, 2.24) is 20.2 Å². The van der Waals surface area contributed by atoms with Gasteiger partial charge < -0.3 is 5.73 Å². The van der Waals surface area contributed by atoms with Crippen molar-refractivity contribution in [3.8, 4) is 11.4 Å². The van der Waals surface area contributed by atoms with Crippen LogP contribution in [0.1, 0.15) is 51.1 Å². The maximum Gasteiger partial charge on any atom is 0.184 e. The van der Waals surface area contributed by atoms with Crippen LogP contribution in [0.15, 0.2) is 18.2 Å². The van der Waals surface area contributed by atoms with Gasteiger partial charge in [-0.3, -0.25) is 0 Å². The van der Waals surface area contributed by atoms with E-state index in [9.17, 15) is 0 Å². The van der Waals surface area contributed by atoms with Crippen molar-refractivity contribution in [2.24, 2.45) is 0 Å². The van der Waals surface area contributed by atoms with Crippen molar-refractivity contribution in [1.29, 1.82) is 0 Å². The fourth-order valence-electron chi connectivity index (χ4n) is 2.36. The number of nitrogens with zero attached hydrogens (tertiary/aromatic N) is 4. The molecule has 0 amide bonds. The van der Waals surface area contributed by atoms with E-state index in [4.69, 9.17) is 5.73 Å². The first-order valence-corrected chi connectivity index (χ1v) is 7.28. The number of nitrogen functional groups attached to an aromatic ring is 1. The number of tetrazole rings is 1. The van der Waals surface area contributed by atoms with Crippen molar-refractivity contribution in [2.75, 3.05) is 5.73 Å². The second-order valence-corrected chi connectivity index (χ2v) is 5.33. The number of aryl methyl sites for hydroxylation is 1. The molecule has 1 heterocycles. The second-order valence-electron chi connectivity index (χ2n) is 5.33. The van der Waals surface area contributed by atoms with Gasteiger partial charge in [-0.25, -0.2) is 4.68 Å². The standard InChI is InChI=1S/C15H23N5/c1-4-5-6-9-12(3)20-15(17-18-19-20)13-10-7-8-11(2)14(13)16/h7-8,10,12H,4-6,9,16H2,1-3H3. The highest BCUT2D eigenvalue weighted by Crippen LogP contribution is 2.28. The van der Waals surface area contributed by atoms with Gasteiger partial charge in [0.1, 0.15) is 0 Å². The van der Waals surface area contributed by atoms with E-state index in [2.05, 4.69) is 29.4 Å². The molecule has 0 aliphatic rings. The van der Waals surface area contributed by atoms with Crippen molar-refractivity contribution in [2.45, 2.75) is 52.5 Å². The molecule has 1 unspecified atom stereocenters. The zero-order chi connectivity index (χ0) is 14.5. The number of benzene rings is 1. The average Bonchev–Trinajstić information content (AvgIpc) is 2.91. The van der Waals surface area contributed by atoms with Crippen LogP contribution in [0.5, 0.6) is 0 Å². The van der Waals surface area contributed by atoms with E-state index in [1.165, 1.54) is 19.3 Å². The van der Waals surface area contributed by atoms with Crippen LogP contribution in [0.3, 0.4) is 0 Å². The number of hydrogen-bond acceptors (Lipinski definition) is 4. The highest BCUT2D eigenvalue weighted by atomic mass is 15.5. The molecular weight excluding hydrogens is 250 g/mol. The number of aromatic nitrogens is 4. The Bertz CT molecular complexity index is 561. The van der Waals surface area contributed by atoms with E-state index < -0.39 is 0 Å². The van der Waals surface area contributed by atoms with E-state index in [-0.39, 0.29) is 6.04 Å². The molecule has 2 N–H and O–H groups in total. The van der Waals surface area contributed by atoms with Gasteiger partial charge in [0, 0.05) is 11.3 Å². The summed E-state index contributed by atoms with van der Waals surface area (Å²) in [6.07, 6.45) is 4.74. The minimum absolute atomic E-state index is 0.284. The van der Waals surface area contributed by atoms with Crippen LogP contribution >= 0.6 is 0 Å². The average molecular weight is 273 g/mol. The topological polar surface area (TPSA) is 69.6 Å². The number of para-hydroxylation sites is 1. The summed E-state index contributed by atoms with van der Waals surface area (Å²) in [7, 11) is 0. The first-order valence-electron chi connectivity index (χ1n) is 7.28. The molecule has 0 bridgehead atoms. The summed E-state index contributed by atoms with van der Waals surface area (Å²) < 4.78 is 1.89. The lowest BCUT2D eigenvalue weighted by Crippen LogP contribution is -2.10. The fourth-order valence-corrected chi connectivity index (χ4v) is 2.36. The highest BCUT2D eigenvalue weighted by molar-refractivity contribution is 5.73. The molecule has 1 aromatic heterocycles. The van der Waals surface area contributed by atoms with E-state index in [1.807, 2.05) is 29.8 Å². The van der Waals surface area contributed by atoms with Crippen molar-refractivity contribution < 1.29 is 0 Å². The Morgan fingerprint density at radius 1 is 1.30 bits per heavy atom. The lowest BCUT2D eigenvalue weighted by molar-refractivity contribution is 0.432. The normalized spacial score (nSPS) is 12.6. The molecule has 20 heavy (non-hydrogen) atoms. The van der Waals surface area contributed by atoms with E-state index >= 15 is 0 Å². The third-order valence-electron chi connectivity index (χ3n) is 3.70. The molecule has 0 saturated carbocycles. The van der Waals surface area contributed by atoms with Gasteiger partial charge in [0.05, 0.1) is 6.04 Å². The minimum atomic E-state index is 0.284. The Morgan fingerprint density at radius 2 is 2.10 bits per heavy atom. The van der Waals surface area contributed by atoms with Crippen LogP contribution in [0.25, 0.3) is 11.4 Å². The van der Waals surface area contributed by atoms with E-state index in [0.29, 0.717) is 0 Å². The highest BCUT2D eigenvalue weighted by Gasteiger charge is 2.16. The Kier molecular flexibility index (Phi) is 4.71. The summed E-state index contributed by atoms with van der Waals surface area (Å²) in [5.74, 6) is 0.759. The molecule has 0 spiro atoms. The van der Waals surface area contributed by atoms with Gasteiger partial charge in [-0.05, 0) is 42.3 Å². The third-order valence-corrected chi connectivity index (χ3v) is 3.70. The molecule has 2 aromatic rings. The maximum atomic E-state index is 6.16. The number of rotatable bonds is 6. The molecule has 0 radical (unpaired) electrons. The second kappa shape index (κ2) is 6.50. The predicted molar refractivity (Wildman–Crippen MR) is 81.3 cm³/mol. The SMILES string of the molecule is CCCCCC(C)n1nnnc1-c1cccc(C)c1N. The minimum Gasteiger partial charge on any atom is -0.398 e. The smallest absolute Gasteiger partial charge is 0.184 e. The van der Waals surface area contributed by atoms with Gasteiger partial charge in [-0.1, -0.05) is 38.3 Å². The Hall–Kier alpha value is -1.91. The molecule has 0 fully saturated rings. The quantitative estimate of drug-likeness (QED) is 0.647. The fraction of sp³-hybridized carbons (Fsp3) is 0.533. The third kappa shape index (κ3) is 2.98. The summed E-state index contributed by atoms with van der Waals surface area (Å²) in [4.78, 5) is 0. The summed E-state index contributed by atoms with van der Waals surface area (Å²) in [5.41, 5.74) is 8.88. The number of unbranched alkanes of at least 4 members (excludes halogenated alkanes) is 2. The molecular formula is C15H23N5. The van der Waals surface area contributed by atoms with Gasteiger partial charge in [-0.15, -0.1) is 5.10 Å². The first kappa shape index (κ1) is 14.5. The molecule has 2 rings (SSSR count). The van der Waals surface area contributed by atoms with Crippen LogP contribution in [-0.2, 0) is 0 Å². The zero-order valence-electron chi connectivity index (χ0n) is 12.5. The Labute approximate surface area is 120 Å². The molecule has 0 aliphatic heterocycles. The van der Waals surface area contributed by atoms with Gasteiger partial charge in [0.2, 0.25) is 0 Å². The van der Waals surface area contributed by atoms with Crippen LogP contribution in [0.2, 0.25) is 0 Å². The number of hydrogen-bond donors (Lipinski definition) is 1. The van der Waals surface area contributed by atoms with Crippen LogP contribution in [0, 0.1) is 6.92 Å². The van der Waals surface area contributed by atoms with E-state index in [1.54, 1.807) is 0 Å². The van der Waals surface area contributed by atoms with Crippen molar-refractivity contribution >= 4 is 5.69 Å². The monoisotopic (exact) mass is 273 g/mol. The van der Waals surface area contributed by atoms with Crippen LogP contribution in [-0.4, -0.2) is 20.2 Å². The van der Waals surface area contributed by atoms with Crippen LogP contribution in [0.4, 0.5) is 5.69 Å². The summed E-state index contributed by atoms with van der Waals surface area (Å²) >= 11 is 0. The number of nitrogens with two attached hydrogens (primary N) is 1. The molecule has 0 aliphatic carbocycles. The molecule has 5 heteroatoms. The molecule has 1 aromatic carbocycles. The van der Waals surface area contributed by atoms with Gasteiger partial charge in [0.15, 0.2) is 5.82 Å². The number of anilines is 1. The summed E-state index contributed by atoms with van der Waals surface area (Å²) in [6.45, 7) is 6.36. The van der Waals surface area contributed by atoms with Gasteiger partial charge in [0.25, 0.3) is 0 Å². The Morgan fingerprint density at radius 3 is 2.85 bits per heavy atom. The summed E-state index contributed by atoms with van der Waals surface area (Å²) in [6, 6.07) is 6.24. The maximum absolute atomic E-state index is 6.16. The first-order chi connectivity index (χ1) is 9.65. The zero-order valence-corrected chi connectivity index (χ0v) is 12.5. The predicted octanol–water partition coefficient (Wildman–Crippen LogP) is 3.37. The van der Waals surface area contributed by atoms with E-state index in [0.717, 1.165) is 29.1 Å². The molecule has 0 saturated heterocycles. The molecule has 1 atom stereocenters. The van der Waals surface area contributed by atoms with Gasteiger partial charge in [-0.2, -0.15) is 0 Å². The van der Waals surface area contributed by atoms with Crippen molar-refractivity contribution in [3.05, 3.63) is 23.8 Å². The van der Waals surface area contributed by atoms with Crippen molar-refractivity contribution in [3.63, 3.8) is 0 Å². The molecule has 5 nitrogen and oxygen atoms in total. The largest absolute Gasteiger partial charge is 0.398 e.